The molecule has 2 aromatic heterocycles. The Labute approximate surface area is 182 Å². The molecule has 168 valence electrons. The fraction of sp³-hybridized carbons (Fsp3) is 0.682. The van der Waals surface area contributed by atoms with E-state index in [2.05, 4.69) is 25.0 Å². The summed E-state index contributed by atoms with van der Waals surface area (Å²) in [6.45, 7) is 1.96. The summed E-state index contributed by atoms with van der Waals surface area (Å²) in [4.78, 5) is 27.6. The van der Waals surface area contributed by atoms with Gasteiger partial charge in [0.15, 0.2) is 0 Å². The van der Waals surface area contributed by atoms with Crippen molar-refractivity contribution in [2.24, 2.45) is 5.92 Å². The minimum absolute atomic E-state index is 0.113. The molecule has 0 spiro atoms. The summed E-state index contributed by atoms with van der Waals surface area (Å²) in [5.41, 5.74) is 2.29. The highest BCUT2D eigenvalue weighted by atomic mass is 16.5. The quantitative estimate of drug-likeness (QED) is 0.457. The van der Waals surface area contributed by atoms with Gasteiger partial charge in [0.25, 0.3) is 0 Å². The van der Waals surface area contributed by atoms with Gasteiger partial charge in [-0.2, -0.15) is 4.98 Å². The molecule has 2 aromatic rings. The Morgan fingerprint density at radius 3 is 2.74 bits per heavy atom. The molecule has 2 aliphatic rings. The summed E-state index contributed by atoms with van der Waals surface area (Å²) in [7, 11) is 0. The summed E-state index contributed by atoms with van der Waals surface area (Å²) in [6, 6.07) is 0. The highest BCUT2D eigenvalue weighted by Crippen LogP contribution is 2.31. The third kappa shape index (κ3) is 5.78. The van der Waals surface area contributed by atoms with Crippen LogP contribution in [0.15, 0.2) is 16.9 Å². The van der Waals surface area contributed by atoms with Gasteiger partial charge in [0.05, 0.1) is 12.4 Å². The lowest BCUT2D eigenvalue weighted by Gasteiger charge is -2.22. The highest BCUT2D eigenvalue weighted by molar-refractivity contribution is 5.75. The molecular weight excluding hydrogens is 396 g/mol. The Kier molecular flexibility index (Phi) is 7.45. The van der Waals surface area contributed by atoms with Crippen LogP contribution in [0.2, 0.25) is 0 Å². The van der Waals surface area contributed by atoms with Crippen molar-refractivity contribution in [2.45, 2.75) is 76.5 Å². The zero-order chi connectivity index (χ0) is 21.5. The molecule has 1 amide bonds. The molecule has 9 nitrogen and oxygen atoms in total. The van der Waals surface area contributed by atoms with Crippen LogP contribution in [0.5, 0.6) is 0 Å². The van der Waals surface area contributed by atoms with Crippen molar-refractivity contribution in [3.05, 3.63) is 18.3 Å². The summed E-state index contributed by atoms with van der Waals surface area (Å²) < 4.78 is 5.53. The van der Waals surface area contributed by atoms with E-state index in [0.29, 0.717) is 17.4 Å². The van der Waals surface area contributed by atoms with Crippen LogP contribution in [0.1, 0.15) is 82.4 Å². The lowest BCUT2D eigenvalue weighted by molar-refractivity contribution is -0.129. The average molecular weight is 429 g/mol. The van der Waals surface area contributed by atoms with Crippen molar-refractivity contribution in [3.8, 4) is 11.5 Å². The van der Waals surface area contributed by atoms with E-state index in [0.717, 1.165) is 56.9 Å². The van der Waals surface area contributed by atoms with E-state index in [4.69, 9.17) is 9.73 Å². The Balaban J connectivity index is 1.43. The molecule has 1 aliphatic carbocycles. The first-order valence-electron chi connectivity index (χ1n) is 11.6. The second-order valence-electron chi connectivity index (χ2n) is 8.78. The predicted molar refractivity (Wildman–Crippen MR) is 114 cm³/mol. The molecule has 9 heteroatoms. The lowest BCUT2D eigenvalue weighted by atomic mass is 9.84. The first kappa shape index (κ1) is 21.7. The molecule has 31 heavy (non-hydrogen) atoms. The zero-order valence-corrected chi connectivity index (χ0v) is 18.0. The molecular formula is C22H32N6O3. The van der Waals surface area contributed by atoms with Gasteiger partial charge in [0.2, 0.25) is 17.6 Å². The Hall–Kier alpha value is -2.55. The van der Waals surface area contributed by atoms with Crippen molar-refractivity contribution in [1.29, 1.82) is 0 Å². The number of carbonyl (C=O) groups is 1. The second kappa shape index (κ2) is 10.7. The van der Waals surface area contributed by atoms with Crippen molar-refractivity contribution < 1.29 is 14.5 Å². The summed E-state index contributed by atoms with van der Waals surface area (Å²) in [6.07, 6.45) is 15.4. The smallest absolute Gasteiger partial charge is 0.244 e. The van der Waals surface area contributed by atoms with Gasteiger partial charge < -0.3 is 9.42 Å². The molecule has 1 unspecified atom stereocenters. The maximum absolute atomic E-state index is 11.8. The standard InChI is InChI=1S/C22H32N6O3/c29-20(26-30)13-17(10-6-9-16-7-2-1-3-8-16)22-25-21(27-31-22)18-14-23-15-19(24-18)28-11-4-5-12-28/h14-17,30H,1-13H2,(H,26,29). The van der Waals surface area contributed by atoms with Crippen LogP contribution in [-0.2, 0) is 4.79 Å². The van der Waals surface area contributed by atoms with Crippen molar-refractivity contribution in [2.75, 3.05) is 18.0 Å². The maximum atomic E-state index is 11.8. The van der Waals surface area contributed by atoms with Gasteiger partial charge in [-0.25, -0.2) is 10.5 Å². The van der Waals surface area contributed by atoms with Crippen LogP contribution >= 0.6 is 0 Å². The number of aromatic nitrogens is 4. The summed E-state index contributed by atoms with van der Waals surface area (Å²) in [5.74, 6) is 1.72. The number of rotatable bonds is 9. The molecule has 2 fully saturated rings. The van der Waals surface area contributed by atoms with E-state index in [1.807, 2.05) is 0 Å². The predicted octanol–water partition coefficient (Wildman–Crippen LogP) is 3.86. The highest BCUT2D eigenvalue weighted by Gasteiger charge is 2.24. The molecule has 0 radical (unpaired) electrons. The number of anilines is 1. The Bertz CT molecular complexity index is 845. The largest absolute Gasteiger partial charge is 0.355 e. The van der Waals surface area contributed by atoms with Gasteiger partial charge in [0.1, 0.15) is 11.5 Å². The van der Waals surface area contributed by atoms with Gasteiger partial charge in [-0.1, -0.05) is 50.1 Å². The van der Waals surface area contributed by atoms with Crippen LogP contribution in [0.4, 0.5) is 5.82 Å². The van der Waals surface area contributed by atoms with E-state index >= 15 is 0 Å². The van der Waals surface area contributed by atoms with Crippen LogP contribution in [0.3, 0.4) is 0 Å². The Morgan fingerprint density at radius 2 is 1.97 bits per heavy atom. The van der Waals surface area contributed by atoms with Gasteiger partial charge in [-0.15, -0.1) is 0 Å². The SMILES string of the molecule is O=C(CC(CCCC1CCCCC1)c1nc(-c2cncc(N3CCCC3)n2)no1)NO. The number of hydroxylamine groups is 1. The monoisotopic (exact) mass is 428 g/mol. The maximum Gasteiger partial charge on any atom is 0.244 e. The molecule has 2 N–H and O–H groups in total. The van der Waals surface area contributed by atoms with Gasteiger partial charge >= 0.3 is 0 Å². The lowest BCUT2D eigenvalue weighted by Crippen LogP contribution is -2.21. The number of nitrogens with one attached hydrogen (secondary N) is 1. The third-order valence-electron chi connectivity index (χ3n) is 6.52. The second-order valence-corrected chi connectivity index (χ2v) is 8.78. The van der Waals surface area contributed by atoms with E-state index in [-0.39, 0.29) is 12.3 Å². The minimum atomic E-state index is -0.446. The number of carbonyl (C=O) groups excluding carboxylic acids is 1. The molecule has 1 aliphatic heterocycles. The van der Waals surface area contributed by atoms with Gasteiger partial charge in [0, 0.05) is 25.4 Å². The molecule has 3 heterocycles. The van der Waals surface area contributed by atoms with Crippen LogP contribution in [0, 0.1) is 5.92 Å². The van der Waals surface area contributed by atoms with Crippen LogP contribution in [0.25, 0.3) is 11.5 Å². The summed E-state index contributed by atoms with van der Waals surface area (Å²) >= 11 is 0. The summed E-state index contributed by atoms with van der Waals surface area (Å²) in [5, 5.41) is 13.1. The average Bonchev–Trinajstić information content (AvgIpc) is 3.52. The number of hydrogen-bond acceptors (Lipinski definition) is 8. The molecule has 4 rings (SSSR count). The third-order valence-corrected chi connectivity index (χ3v) is 6.52. The van der Waals surface area contributed by atoms with E-state index in [1.165, 1.54) is 32.1 Å². The minimum Gasteiger partial charge on any atom is -0.355 e. The van der Waals surface area contributed by atoms with Crippen molar-refractivity contribution in [3.63, 3.8) is 0 Å². The molecule has 1 atom stereocenters. The van der Waals surface area contributed by atoms with Crippen molar-refractivity contribution in [1.82, 2.24) is 25.6 Å². The van der Waals surface area contributed by atoms with E-state index < -0.39 is 5.91 Å². The molecule has 1 saturated carbocycles. The van der Waals surface area contributed by atoms with Crippen LogP contribution < -0.4 is 10.4 Å². The first-order valence-corrected chi connectivity index (χ1v) is 11.6. The fourth-order valence-corrected chi connectivity index (χ4v) is 4.78. The number of amides is 1. The van der Waals surface area contributed by atoms with E-state index in [1.54, 1.807) is 17.9 Å². The first-order chi connectivity index (χ1) is 15.2. The molecule has 1 saturated heterocycles. The normalized spacial score (nSPS) is 18.3. The fourth-order valence-electron chi connectivity index (χ4n) is 4.78. The van der Waals surface area contributed by atoms with Crippen LogP contribution in [-0.4, -0.2) is 44.3 Å². The van der Waals surface area contributed by atoms with Gasteiger partial charge in [-0.3, -0.25) is 15.0 Å². The van der Waals surface area contributed by atoms with Gasteiger partial charge in [-0.05, 0) is 25.2 Å². The number of nitrogens with zero attached hydrogens (tertiary/aromatic N) is 5. The number of hydrogen-bond donors (Lipinski definition) is 2. The molecule has 0 aromatic carbocycles. The topological polar surface area (TPSA) is 117 Å². The van der Waals surface area contributed by atoms with Crippen molar-refractivity contribution >= 4 is 11.7 Å². The van der Waals surface area contributed by atoms with E-state index in [9.17, 15) is 4.79 Å². The zero-order valence-electron chi connectivity index (χ0n) is 18.0. The molecule has 0 bridgehead atoms. The Morgan fingerprint density at radius 1 is 1.16 bits per heavy atom.